The van der Waals surface area contributed by atoms with Crippen LogP contribution in [0.5, 0.6) is 5.75 Å². The molecule has 4 atom stereocenters. The van der Waals surface area contributed by atoms with Crippen LogP contribution in [0.4, 0.5) is 10.5 Å². The van der Waals surface area contributed by atoms with Crippen LogP contribution in [0.25, 0.3) is 0 Å². The summed E-state index contributed by atoms with van der Waals surface area (Å²) < 4.78 is 0. The topological polar surface area (TPSA) is 103 Å². The number of hydrogen-bond acceptors (Lipinski definition) is 4. The fraction of sp³-hybridized carbons (Fsp3) is 0.409. The number of aromatic hydroxyl groups is 1. The smallest absolute Gasteiger partial charge is 0.404 e. The minimum atomic E-state index is -1.11. The molecule has 3 N–H and O–H groups in total. The Morgan fingerprint density at radius 3 is 2.55 bits per heavy atom. The SMILES string of the molecule is CC[C@H](C)[C@@H](CN(C(=O)[C@@H]1C[C@H]1c1ccccn1)c1ccc(O)cc1)NC(=O)O. The summed E-state index contributed by atoms with van der Waals surface area (Å²) in [6, 6.07) is 11.7. The van der Waals surface area contributed by atoms with Gasteiger partial charge in [0, 0.05) is 36.0 Å². The number of phenolic OH excluding ortho intramolecular Hbond substituents is 1. The second-order valence-electron chi connectivity index (χ2n) is 7.61. The number of amides is 2. The van der Waals surface area contributed by atoms with Crippen LogP contribution in [0.2, 0.25) is 0 Å². The molecule has 0 spiro atoms. The van der Waals surface area contributed by atoms with Crippen LogP contribution < -0.4 is 10.2 Å². The quantitative estimate of drug-likeness (QED) is 0.631. The first-order chi connectivity index (χ1) is 13.9. The lowest BCUT2D eigenvalue weighted by Crippen LogP contribution is -2.49. The van der Waals surface area contributed by atoms with E-state index >= 15 is 0 Å². The third kappa shape index (κ3) is 5.04. The number of benzene rings is 1. The van der Waals surface area contributed by atoms with E-state index in [1.54, 1.807) is 23.2 Å². The molecule has 0 aliphatic heterocycles. The molecule has 154 valence electrons. The van der Waals surface area contributed by atoms with Gasteiger partial charge in [-0.25, -0.2) is 4.79 Å². The minimum absolute atomic E-state index is 0.0492. The Hall–Kier alpha value is -3.09. The van der Waals surface area contributed by atoms with Crippen LogP contribution in [0.3, 0.4) is 0 Å². The third-order valence-corrected chi connectivity index (χ3v) is 5.62. The maximum absolute atomic E-state index is 13.4. The molecule has 0 unspecified atom stereocenters. The van der Waals surface area contributed by atoms with Crippen molar-refractivity contribution < 1.29 is 19.8 Å². The Labute approximate surface area is 170 Å². The number of hydrogen-bond donors (Lipinski definition) is 3. The maximum Gasteiger partial charge on any atom is 0.404 e. The van der Waals surface area contributed by atoms with Gasteiger partial charge in [0.1, 0.15) is 5.75 Å². The second kappa shape index (κ2) is 8.94. The first kappa shape index (κ1) is 20.6. The van der Waals surface area contributed by atoms with Gasteiger partial charge < -0.3 is 20.4 Å². The number of nitrogens with zero attached hydrogens (tertiary/aromatic N) is 2. The average Bonchev–Trinajstić information content (AvgIpc) is 3.52. The molecule has 1 heterocycles. The summed E-state index contributed by atoms with van der Waals surface area (Å²) in [4.78, 5) is 30.7. The van der Waals surface area contributed by atoms with Crippen LogP contribution in [-0.4, -0.2) is 39.8 Å². The van der Waals surface area contributed by atoms with E-state index in [9.17, 15) is 19.8 Å². The van der Waals surface area contributed by atoms with Gasteiger partial charge >= 0.3 is 6.09 Å². The number of carbonyl (C=O) groups is 2. The van der Waals surface area contributed by atoms with Crippen molar-refractivity contribution in [2.75, 3.05) is 11.4 Å². The van der Waals surface area contributed by atoms with Gasteiger partial charge in [0.2, 0.25) is 5.91 Å². The molecular weight excluding hydrogens is 370 g/mol. The largest absolute Gasteiger partial charge is 0.508 e. The first-order valence-electron chi connectivity index (χ1n) is 9.91. The summed E-state index contributed by atoms with van der Waals surface area (Å²) in [7, 11) is 0. The Balaban J connectivity index is 1.84. The zero-order valence-corrected chi connectivity index (χ0v) is 16.7. The zero-order chi connectivity index (χ0) is 21.0. The number of rotatable bonds is 8. The van der Waals surface area contributed by atoms with Gasteiger partial charge in [-0.3, -0.25) is 9.78 Å². The van der Waals surface area contributed by atoms with Crippen molar-refractivity contribution in [2.24, 2.45) is 11.8 Å². The van der Waals surface area contributed by atoms with Crippen molar-refractivity contribution in [1.29, 1.82) is 0 Å². The fourth-order valence-electron chi connectivity index (χ4n) is 3.55. The van der Waals surface area contributed by atoms with Gasteiger partial charge in [0.15, 0.2) is 0 Å². The van der Waals surface area contributed by atoms with Gasteiger partial charge in [-0.15, -0.1) is 0 Å². The standard InChI is InChI=1S/C22H27N3O4/c1-3-14(2)20(24-22(28)29)13-25(15-7-9-16(26)10-8-15)21(27)18-12-17(18)19-6-4-5-11-23-19/h4-11,14,17-18,20,24,26H,3,12-13H2,1-2H3,(H,28,29)/t14-,17+,18+,20+/m0/s1. The molecular formula is C22H27N3O4. The highest BCUT2D eigenvalue weighted by Crippen LogP contribution is 2.48. The van der Waals surface area contributed by atoms with Crippen LogP contribution in [0.15, 0.2) is 48.7 Å². The first-order valence-corrected chi connectivity index (χ1v) is 9.91. The van der Waals surface area contributed by atoms with Crippen LogP contribution in [-0.2, 0) is 4.79 Å². The number of aromatic nitrogens is 1. The van der Waals surface area contributed by atoms with Crippen LogP contribution in [0.1, 0.15) is 38.3 Å². The lowest BCUT2D eigenvalue weighted by molar-refractivity contribution is -0.120. The summed E-state index contributed by atoms with van der Waals surface area (Å²) in [5, 5.41) is 21.4. The zero-order valence-electron chi connectivity index (χ0n) is 16.7. The number of carbonyl (C=O) groups excluding carboxylic acids is 1. The van der Waals surface area contributed by atoms with Gasteiger partial charge in [-0.05, 0) is 48.7 Å². The van der Waals surface area contributed by atoms with Crippen LogP contribution in [0, 0.1) is 11.8 Å². The Morgan fingerprint density at radius 1 is 1.24 bits per heavy atom. The van der Waals surface area contributed by atoms with Gasteiger partial charge in [0.25, 0.3) is 0 Å². The minimum Gasteiger partial charge on any atom is -0.508 e. The normalized spacial score (nSPS) is 19.8. The summed E-state index contributed by atoms with van der Waals surface area (Å²) in [5.74, 6) is 0.0242. The molecule has 1 saturated carbocycles. The molecule has 1 aliphatic carbocycles. The molecule has 1 aromatic heterocycles. The van der Waals surface area contributed by atoms with Crippen molar-refractivity contribution >= 4 is 17.7 Å². The molecule has 3 rings (SSSR count). The molecule has 2 aromatic rings. The predicted octanol–water partition coefficient (Wildman–Crippen LogP) is 3.61. The van der Waals surface area contributed by atoms with Crippen molar-refractivity contribution in [3.05, 3.63) is 54.4 Å². The molecule has 0 bridgehead atoms. The molecule has 7 heteroatoms. The summed E-state index contributed by atoms with van der Waals surface area (Å²) in [6.07, 6.45) is 2.13. The van der Waals surface area contributed by atoms with E-state index in [-0.39, 0.29) is 36.0 Å². The molecule has 29 heavy (non-hydrogen) atoms. The number of phenols is 1. The highest BCUT2D eigenvalue weighted by atomic mass is 16.4. The van der Waals surface area contributed by atoms with Crippen molar-refractivity contribution in [1.82, 2.24) is 10.3 Å². The van der Waals surface area contributed by atoms with E-state index < -0.39 is 12.1 Å². The molecule has 0 saturated heterocycles. The number of carboxylic acid groups (broad SMARTS) is 1. The highest BCUT2D eigenvalue weighted by Gasteiger charge is 2.47. The van der Waals surface area contributed by atoms with E-state index in [0.29, 0.717) is 5.69 Å². The second-order valence-corrected chi connectivity index (χ2v) is 7.61. The molecule has 1 aliphatic rings. The van der Waals surface area contributed by atoms with Crippen molar-refractivity contribution in [3.63, 3.8) is 0 Å². The number of nitrogens with one attached hydrogen (secondary N) is 1. The number of pyridine rings is 1. The fourth-order valence-corrected chi connectivity index (χ4v) is 3.55. The average molecular weight is 397 g/mol. The summed E-state index contributed by atoms with van der Waals surface area (Å²) in [5.41, 5.74) is 1.54. The van der Waals surface area contributed by atoms with Crippen LogP contribution >= 0.6 is 0 Å². The molecule has 2 amide bonds. The van der Waals surface area contributed by atoms with E-state index in [0.717, 1.165) is 18.5 Å². The Bertz CT molecular complexity index is 841. The Kier molecular flexibility index (Phi) is 6.36. The molecule has 1 fully saturated rings. The lowest BCUT2D eigenvalue weighted by Gasteiger charge is -2.31. The Morgan fingerprint density at radius 2 is 1.97 bits per heavy atom. The van der Waals surface area contributed by atoms with E-state index in [4.69, 9.17) is 0 Å². The maximum atomic E-state index is 13.4. The molecule has 1 aromatic carbocycles. The number of anilines is 1. The van der Waals surface area contributed by atoms with Crippen molar-refractivity contribution in [2.45, 2.75) is 38.6 Å². The van der Waals surface area contributed by atoms with Crippen molar-refractivity contribution in [3.8, 4) is 5.75 Å². The molecule has 7 nitrogen and oxygen atoms in total. The highest BCUT2D eigenvalue weighted by molar-refractivity contribution is 5.97. The van der Waals surface area contributed by atoms with E-state index in [1.807, 2.05) is 32.0 Å². The summed E-state index contributed by atoms with van der Waals surface area (Å²) in [6.45, 7) is 4.19. The predicted molar refractivity (Wildman–Crippen MR) is 110 cm³/mol. The van der Waals surface area contributed by atoms with Gasteiger partial charge in [0.05, 0.1) is 6.04 Å². The van der Waals surface area contributed by atoms with E-state index in [1.165, 1.54) is 12.1 Å². The third-order valence-electron chi connectivity index (χ3n) is 5.62. The monoisotopic (exact) mass is 397 g/mol. The van der Waals surface area contributed by atoms with E-state index in [2.05, 4.69) is 10.3 Å². The summed E-state index contributed by atoms with van der Waals surface area (Å²) >= 11 is 0. The van der Waals surface area contributed by atoms with Gasteiger partial charge in [-0.1, -0.05) is 26.3 Å². The van der Waals surface area contributed by atoms with Gasteiger partial charge in [-0.2, -0.15) is 0 Å². The lowest BCUT2D eigenvalue weighted by atomic mass is 9.98. The molecule has 0 radical (unpaired) electrons.